The largest absolute Gasteiger partial charge is 0.506 e. The molecule has 140 valence electrons. The number of rotatable bonds is 3. The zero-order valence-corrected chi connectivity index (χ0v) is 15.7. The van der Waals surface area contributed by atoms with Crippen molar-refractivity contribution in [1.82, 2.24) is 4.98 Å². The molecule has 3 aromatic rings. The first-order valence-corrected chi connectivity index (χ1v) is 9.75. The van der Waals surface area contributed by atoms with E-state index in [2.05, 4.69) is 10.3 Å². The molecule has 6 nitrogen and oxygen atoms in total. The van der Waals surface area contributed by atoms with Crippen molar-refractivity contribution in [3.8, 4) is 11.5 Å². The number of anilines is 1. The number of aromatic nitrogens is 1. The number of thiophene rings is 1. The molecule has 0 bridgehead atoms. The minimum atomic E-state index is -0.641. The van der Waals surface area contributed by atoms with Crippen molar-refractivity contribution in [2.24, 2.45) is 0 Å². The summed E-state index contributed by atoms with van der Waals surface area (Å²) in [5.74, 6) is -0.282. The van der Waals surface area contributed by atoms with Crippen LogP contribution < -0.4 is 15.6 Å². The molecule has 0 unspecified atom stereocenters. The molecular weight excluding hydrogens is 364 g/mol. The van der Waals surface area contributed by atoms with Gasteiger partial charge in [0.05, 0.1) is 12.5 Å². The third kappa shape index (κ3) is 3.19. The van der Waals surface area contributed by atoms with Crippen LogP contribution in [0, 0.1) is 0 Å². The van der Waals surface area contributed by atoms with Crippen molar-refractivity contribution >= 4 is 33.1 Å². The number of hydrogen-bond donors (Lipinski definition) is 3. The van der Waals surface area contributed by atoms with E-state index < -0.39 is 11.5 Å². The highest BCUT2D eigenvalue weighted by Gasteiger charge is 2.25. The lowest BCUT2D eigenvalue weighted by Gasteiger charge is -2.09. The first kappa shape index (κ1) is 17.6. The van der Waals surface area contributed by atoms with E-state index in [-0.39, 0.29) is 11.3 Å². The second-order valence-electron chi connectivity index (χ2n) is 6.63. The number of H-pyrrole nitrogens is 1. The van der Waals surface area contributed by atoms with Gasteiger partial charge in [0.2, 0.25) is 0 Å². The van der Waals surface area contributed by atoms with Gasteiger partial charge in [0, 0.05) is 16.6 Å². The number of amides is 1. The summed E-state index contributed by atoms with van der Waals surface area (Å²) in [6, 6.07) is 6.84. The number of aryl methyl sites for hydroxylation is 2. The molecule has 7 heteroatoms. The molecule has 0 saturated heterocycles. The Kier molecular flexibility index (Phi) is 4.61. The van der Waals surface area contributed by atoms with Gasteiger partial charge in [-0.2, -0.15) is 0 Å². The number of aromatic hydroxyl groups is 1. The lowest BCUT2D eigenvalue weighted by Crippen LogP contribution is -2.23. The summed E-state index contributed by atoms with van der Waals surface area (Å²) in [7, 11) is 1.54. The number of ether oxygens (including phenoxy) is 1. The molecule has 0 fully saturated rings. The number of fused-ring (bicyclic) bond motifs is 3. The van der Waals surface area contributed by atoms with Crippen molar-refractivity contribution in [3.63, 3.8) is 0 Å². The number of hydrogen-bond acceptors (Lipinski definition) is 5. The lowest BCUT2D eigenvalue weighted by molar-refractivity contribution is 0.102. The van der Waals surface area contributed by atoms with Crippen LogP contribution in [0.1, 0.15) is 40.1 Å². The van der Waals surface area contributed by atoms with E-state index in [1.54, 1.807) is 24.3 Å². The molecular formula is C20H20N2O4S. The molecule has 4 rings (SSSR count). The molecule has 0 radical (unpaired) electrons. The highest BCUT2D eigenvalue weighted by atomic mass is 32.1. The number of benzene rings is 1. The molecule has 0 atom stereocenters. The number of aromatic amines is 1. The third-order valence-electron chi connectivity index (χ3n) is 4.90. The van der Waals surface area contributed by atoms with E-state index in [4.69, 9.17) is 4.74 Å². The Morgan fingerprint density at radius 2 is 2.07 bits per heavy atom. The van der Waals surface area contributed by atoms with Crippen molar-refractivity contribution in [1.29, 1.82) is 0 Å². The minimum absolute atomic E-state index is 0.228. The minimum Gasteiger partial charge on any atom is -0.506 e. The van der Waals surface area contributed by atoms with E-state index >= 15 is 0 Å². The van der Waals surface area contributed by atoms with E-state index in [0.29, 0.717) is 21.7 Å². The summed E-state index contributed by atoms with van der Waals surface area (Å²) in [5.41, 5.74) is 0.714. The fraction of sp³-hybridized carbons (Fsp3) is 0.300. The first-order chi connectivity index (χ1) is 13.1. The average molecular weight is 384 g/mol. The highest BCUT2D eigenvalue weighted by molar-refractivity contribution is 7.18. The van der Waals surface area contributed by atoms with E-state index in [1.165, 1.54) is 23.3 Å². The van der Waals surface area contributed by atoms with E-state index in [0.717, 1.165) is 37.7 Å². The summed E-state index contributed by atoms with van der Waals surface area (Å²) in [4.78, 5) is 29.8. The van der Waals surface area contributed by atoms with Crippen LogP contribution in [0.25, 0.3) is 10.2 Å². The van der Waals surface area contributed by atoms with Gasteiger partial charge < -0.3 is 20.1 Å². The number of carbonyl (C=O) groups excluding carboxylic acids is 1. The molecule has 0 spiro atoms. The fourth-order valence-electron chi connectivity index (χ4n) is 3.58. The van der Waals surface area contributed by atoms with Crippen LogP contribution in [0.3, 0.4) is 0 Å². The lowest BCUT2D eigenvalue weighted by atomic mass is 10.0. The van der Waals surface area contributed by atoms with Gasteiger partial charge in [0.1, 0.15) is 21.9 Å². The number of methoxy groups -OCH3 is 1. The Bertz CT molecular complexity index is 1080. The zero-order valence-electron chi connectivity index (χ0n) is 14.9. The predicted molar refractivity (Wildman–Crippen MR) is 106 cm³/mol. The van der Waals surface area contributed by atoms with Crippen molar-refractivity contribution < 1.29 is 14.6 Å². The number of pyridine rings is 1. The van der Waals surface area contributed by atoms with Crippen LogP contribution in [0.15, 0.2) is 29.1 Å². The topological polar surface area (TPSA) is 91.4 Å². The van der Waals surface area contributed by atoms with Gasteiger partial charge in [-0.3, -0.25) is 9.59 Å². The smallest absolute Gasteiger partial charge is 0.265 e. The molecule has 0 aliphatic heterocycles. The summed E-state index contributed by atoms with van der Waals surface area (Å²) >= 11 is 1.51. The van der Waals surface area contributed by atoms with Gasteiger partial charge in [-0.05, 0) is 43.4 Å². The van der Waals surface area contributed by atoms with Gasteiger partial charge >= 0.3 is 0 Å². The van der Waals surface area contributed by atoms with Crippen molar-refractivity contribution in [2.45, 2.75) is 32.1 Å². The predicted octanol–water partition coefficient (Wildman–Crippen LogP) is 3.83. The van der Waals surface area contributed by atoms with Crippen molar-refractivity contribution in [2.75, 3.05) is 12.4 Å². The molecule has 2 aromatic heterocycles. The maximum atomic E-state index is 12.7. The second-order valence-corrected chi connectivity index (χ2v) is 7.74. The maximum Gasteiger partial charge on any atom is 0.265 e. The van der Waals surface area contributed by atoms with Crippen LogP contribution in [0.4, 0.5) is 5.69 Å². The van der Waals surface area contributed by atoms with Crippen LogP contribution in [0.5, 0.6) is 11.5 Å². The SMILES string of the molecule is COc1cccc(NC(=O)c2c(O)c3c4c(sc3[nH]c2=O)CCCCC4)c1. The molecule has 1 aliphatic rings. The fourth-order valence-corrected chi connectivity index (χ4v) is 4.87. The van der Waals surface area contributed by atoms with Crippen LogP contribution in [0.2, 0.25) is 0 Å². The zero-order chi connectivity index (χ0) is 19.0. The molecule has 3 N–H and O–H groups in total. The molecule has 2 heterocycles. The Balaban J connectivity index is 1.77. The van der Waals surface area contributed by atoms with E-state index in [9.17, 15) is 14.7 Å². The molecule has 1 amide bonds. The third-order valence-corrected chi connectivity index (χ3v) is 6.11. The highest BCUT2D eigenvalue weighted by Crippen LogP contribution is 2.39. The summed E-state index contributed by atoms with van der Waals surface area (Å²) in [5, 5.41) is 14.1. The van der Waals surface area contributed by atoms with Gasteiger partial charge in [-0.25, -0.2) is 0 Å². The maximum absolute atomic E-state index is 12.7. The van der Waals surface area contributed by atoms with Gasteiger partial charge in [0.25, 0.3) is 11.5 Å². The van der Waals surface area contributed by atoms with Crippen LogP contribution >= 0.6 is 11.3 Å². The first-order valence-electron chi connectivity index (χ1n) is 8.93. The van der Waals surface area contributed by atoms with Crippen molar-refractivity contribution in [3.05, 3.63) is 50.6 Å². The monoisotopic (exact) mass is 384 g/mol. The van der Waals surface area contributed by atoms with Gasteiger partial charge in [-0.1, -0.05) is 12.5 Å². The molecule has 1 aromatic carbocycles. The number of carbonyl (C=O) groups is 1. The summed E-state index contributed by atoms with van der Waals surface area (Å²) in [6.07, 6.45) is 5.10. The van der Waals surface area contributed by atoms with Gasteiger partial charge in [-0.15, -0.1) is 11.3 Å². The average Bonchev–Trinajstić information content (AvgIpc) is 2.83. The molecule has 27 heavy (non-hydrogen) atoms. The Morgan fingerprint density at radius 1 is 1.26 bits per heavy atom. The Morgan fingerprint density at radius 3 is 2.89 bits per heavy atom. The van der Waals surface area contributed by atoms with Crippen LogP contribution in [-0.4, -0.2) is 23.1 Å². The molecule has 0 saturated carbocycles. The summed E-state index contributed by atoms with van der Waals surface area (Å²) in [6.45, 7) is 0. The normalized spacial score (nSPS) is 13.8. The second kappa shape index (κ2) is 7.08. The number of nitrogens with one attached hydrogen (secondary N) is 2. The quantitative estimate of drug-likeness (QED) is 0.599. The summed E-state index contributed by atoms with van der Waals surface area (Å²) < 4.78 is 5.14. The Hall–Kier alpha value is -2.80. The van der Waals surface area contributed by atoms with E-state index in [1.807, 2.05) is 0 Å². The molecule has 1 aliphatic carbocycles. The van der Waals surface area contributed by atoms with Crippen LogP contribution in [-0.2, 0) is 12.8 Å². The van der Waals surface area contributed by atoms with Gasteiger partial charge in [0.15, 0.2) is 0 Å². The Labute approximate surface area is 159 Å². The standard InChI is InChI=1S/C20H20N2O4S/c1-26-12-7-5-6-11(10-12)21-18(24)16-17(23)15-13-8-3-2-4-9-14(13)27-20(15)22-19(16)25/h5-7,10H,2-4,8-9H2,1H3,(H,21,24)(H2,22,23,25).